The first-order valence-electron chi connectivity index (χ1n) is 11.7. The molecule has 182 valence electrons. The Hall–Kier alpha value is -2.71. The van der Waals surface area contributed by atoms with Crippen LogP contribution in [0.25, 0.3) is 0 Å². The van der Waals surface area contributed by atoms with Gasteiger partial charge in [0.1, 0.15) is 17.7 Å². The molecule has 0 spiro atoms. The van der Waals surface area contributed by atoms with Crippen LogP contribution in [0.15, 0.2) is 30.3 Å². The molecule has 2 aromatic rings. The number of pyridine rings is 1. The third-order valence-corrected chi connectivity index (χ3v) is 6.66. The second kappa shape index (κ2) is 11.1. The van der Waals surface area contributed by atoms with E-state index >= 15 is 0 Å². The molecule has 1 amide bonds. The fourth-order valence-corrected chi connectivity index (χ4v) is 4.66. The van der Waals surface area contributed by atoms with Gasteiger partial charge in [-0.15, -0.1) is 0 Å². The normalized spacial score (nSPS) is 19.9. The van der Waals surface area contributed by atoms with Gasteiger partial charge in [-0.25, -0.2) is 14.2 Å². The molecule has 34 heavy (non-hydrogen) atoms. The Bertz CT molecular complexity index is 1020. The fourth-order valence-electron chi connectivity index (χ4n) is 4.44. The molecule has 0 radical (unpaired) electrons. The first-order valence-corrected chi connectivity index (χ1v) is 12.1. The highest BCUT2D eigenvalue weighted by Gasteiger charge is 2.30. The maximum absolute atomic E-state index is 13.5. The number of nitrogens with zero attached hydrogens (tertiary/aromatic N) is 1. The van der Waals surface area contributed by atoms with E-state index in [0.717, 1.165) is 68.7 Å². The number of aromatic nitrogens is 1. The molecule has 4 rings (SSSR count). The van der Waals surface area contributed by atoms with Crippen LogP contribution in [0.1, 0.15) is 53.7 Å². The van der Waals surface area contributed by atoms with Crippen molar-refractivity contribution in [1.29, 1.82) is 0 Å². The van der Waals surface area contributed by atoms with Crippen LogP contribution in [0, 0.1) is 11.7 Å². The van der Waals surface area contributed by atoms with Crippen molar-refractivity contribution in [2.45, 2.75) is 57.1 Å². The van der Waals surface area contributed by atoms with Crippen molar-refractivity contribution < 1.29 is 23.8 Å². The third kappa shape index (κ3) is 6.45. The number of anilines is 1. The van der Waals surface area contributed by atoms with Crippen molar-refractivity contribution in [3.63, 3.8) is 0 Å². The summed E-state index contributed by atoms with van der Waals surface area (Å²) in [6.45, 7) is 1.20. The maximum Gasteiger partial charge on any atom is 0.326 e. The van der Waals surface area contributed by atoms with Gasteiger partial charge < -0.3 is 20.5 Å². The number of hydrogen-bond acceptors (Lipinski definition) is 5. The van der Waals surface area contributed by atoms with Gasteiger partial charge in [0, 0.05) is 35.9 Å². The number of nitrogens with one attached hydrogen (secondary N) is 2. The van der Waals surface area contributed by atoms with Gasteiger partial charge in [0.15, 0.2) is 0 Å². The lowest BCUT2D eigenvalue weighted by atomic mass is 9.79. The summed E-state index contributed by atoms with van der Waals surface area (Å²) in [6.07, 6.45) is 6.33. The van der Waals surface area contributed by atoms with Crippen LogP contribution in [-0.2, 0) is 22.4 Å². The van der Waals surface area contributed by atoms with Gasteiger partial charge in [-0.3, -0.25) is 4.79 Å². The highest BCUT2D eigenvalue weighted by molar-refractivity contribution is 6.31. The van der Waals surface area contributed by atoms with Crippen molar-refractivity contribution in [1.82, 2.24) is 10.3 Å². The molecule has 1 atom stereocenters. The minimum absolute atomic E-state index is 0.0248. The van der Waals surface area contributed by atoms with Crippen LogP contribution in [0.3, 0.4) is 0 Å². The average Bonchev–Trinajstić information content (AvgIpc) is 2.78. The van der Waals surface area contributed by atoms with Crippen molar-refractivity contribution in [2.75, 3.05) is 18.5 Å². The number of carboxylic acid groups (broad SMARTS) is 1. The number of carbonyl (C=O) groups is 2. The Labute approximate surface area is 203 Å². The molecule has 1 aromatic heterocycles. The molecule has 0 bridgehead atoms. The standard InChI is InChI=1S/C25H29ClFN3O4/c26-18-12-17(13-19(27)14-18)24(31)30-22(25(32)33)7-9-34-21-10-15(11-21)3-5-20-6-4-16-2-1-8-28-23(16)29-20/h4,6,12-15,21-22H,1-3,5,7-11H2,(H,28,29)(H,30,31)(H,32,33)/t15-,21-,22?. The number of carboxylic acids is 1. The van der Waals surface area contributed by atoms with Crippen LogP contribution in [0.5, 0.6) is 0 Å². The van der Waals surface area contributed by atoms with E-state index in [-0.39, 0.29) is 29.7 Å². The summed E-state index contributed by atoms with van der Waals surface area (Å²) in [5.41, 5.74) is 2.38. The van der Waals surface area contributed by atoms with Gasteiger partial charge >= 0.3 is 5.97 Å². The number of ether oxygens (including phenoxy) is 1. The van der Waals surface area contributed by atoms with E-state index in [2.05, 4.69) is 22.8 Å². The van der Waals surface area contributed by atoms with E-state index in [1.165, 1.54) is 11.6 Å². The Morgan fingerprint density at radius 2 is 2.12 bits per heavy atom. The smallest absolute Gasteiger partial charge is 0.326 e. The van der Waals surface area contributed by atoms with Crippen LogP contribution >= 0.6 is 11.6 Å². The Balaban J connectivity index is 1.16. The van der Waals surface area contributed by atoms with Crippen molar-refractivity contribution in [2.24, 2.45) is 5.92 Å². The molecule has 9 heteroatoms. The zero-order chi connectivity index (χ0) is 24.1. The fraction of sp³-hybridized carbons (Fsp3) is 0.480. The molecule has 3 N–H and O–H groups in total. The van der Waals surface area contributed by atoms with Crippen molar-refractivity contribution >= 4 is 29.3 Å². The minimum atomic E-state index is -1.17. The molecule has 7 nitrogen and oxygen atoms in total. The van der Waals surface area contributed by atoms with Gasteiger partial charge in [-0.1, -0.05) is 17.7 Å². The lowest BCUT2D eigenvalue weighted by Gasteiger charge is -2.35. The average molecular weight is 490 g/mol. The molecular formula is C25H29ClFN3O4. The molecule has 2 aliphatic rings. The van der Waals surface area contributed by atoms with E-state index in [1.54, 1.807) is 0 Å². The van der Waals surface area contributed by atoms with Gasteiger partial charge in [0.25, 0.3) is 5.91 Å². The minimum Gasteiger partial charge on any atom is -0.480 e. The van der Waals surface area contributed by atoms with Crippen LogP contribution < -0.4 is 10.6 Å². The zero-order valence-electron chi connectivity index (χ0n) is 18.9. The summed E-state index contributed by atoms with van der Waals surface area (Å²) in [5, 5.41) is 15.3. The molecule has 1 saturated carbocycles. The van der Waals surface area contributed by atoms with E-state index in [0.29, 0.717) is 5.92 Å². The number of benzene rings is 1. The van der Waals surface area contributed by atoms with Crippen LogP contribution in [0.4, 0.5) is 10.2 Å². The molecule has 0 saturated heterocycles. The third-order valence-electron chi connectivity index (χ3n) is 6.44. The van der Waals surface area contributed by atoms with Crippen molar-refractivity contribution in [3.8, 4) is 0 Å². The first-order chi connectivity index (χ1) is 16.4. The van der Waals surface area contributed by atoms with Gasteiger partial charge in [-0.2, -0.15) is 0 Å². The number of aryl methyl sites for hydroxylation is 2. The van der Waals surface area contributed by atoms with E-state index in [4.69, 9.17) is 21.3 Å². The monoisotopic (exact) mass is 489 g/mol. The van der Waals surface area contributed by atoms with Crippen molar-refractivity contribution in [3.05, 3.63) is 58.0 Å². The zero-order valence-corrected chi connectivity index (χ0v) is 19.6. The number of amides is 1. The molecule has 1 unspecified atom stereocenters. The Kier molecular flexibility index (Phi) is 8.00. The summed E-state index contributed by atoms with van der Waals surface area (Å²) in [6, 6.07) is 6.55. The molecule has 2 heterocycles. The second-order valence-electron chi connectivity index (χ2n) is 9.02. The summed E-state index contributed by atoms with van der Waals surface area (Å²) in [7, 11) is 0. The quantitative estimate of drug-likeness (QED) is 0.461. The van der Waals surface area contributed by atoms with Crippen LogP contribution in [0.2, 0.25) is 5.02 Å². The Morgan fingerprint density at radius 1 is 1.29 bits per heavy atom. The van der Waals surface area contributed by atoms with Crippen LogP contribution in [-0.4, -0.2) is 47.3 Å². The lowest BCUT2D eigenvalue weighted by molar-refractivity contribution is -0.140. The summed E-state index contributed by atoms with van der Waals surface area (Å²) >= 11 is 5.77. The topological polar surface area (TPSA) is 101 Å². The SMILES string of the molecule is O=C(NC(CCO[C@H]1C[C@H](CCc2ccc3c(n2)NCCC3)C1)C(=O)O)c1cc(F)cc(Cl)c1. The number of fused-ring (bicyclic) bond motifs is 1. The summed E-state index contributed by atoms with van der Waals surface area (Å²) < 4.78 is 19.3. The summed E-state index contributed by atoms with van der Waals surface area (Å²) in [5.74, 6) is -0.921. The molecule has 1 aromatic carbocycles. The van der Waals surface area contributed by atoms with E-state index in [1.807, 2.05) is 0 Å². The number of carbonyl (C=O) groups excluding carboxylic acids is 1. The molecular weight excluding hydrogens is 461 g/mol. The van der Waals surface area contributed by atoms with E-state index in [9.17, 15) is 19.1 Å². The van der Waals surface area contributed by atoms with Gasteiger partial charge in [0.2, 0.25) is 0 Å². The Morgan fingerprint density at radius 3 is 2.88 bits per heavy atom. The van der Waals surface area contributed by atoms with Gasteiger partial charge in [-0.05, 0) is 74.3 Å². The first kappa shape index (κ1) is 24.4. The molecule has 1 aliphatic carbocycles. The number of hydrogen-bond donors (Lipinski definition) is 3. The lowest BCUT2D eigenvalue weighted by Crippen LogP contribution is -2.42. The predicted octanol–water partition coefficient (Wildman–Crippen LogP) is 4.23. The number of aliphatic carboxylic acids is 1. The molecule has 1 aliphatic heterocycles. The number of halogens is 2. The summed E-state index contributed by atoms with van der Waals surface area (Å²) in [4.78, 5) is 28.6. The number of rotatable bonds is 10. The van der Waals surface area contributed by atoms with Gasteiger partial charge in [0.05, 0.1) is 6.10 Å². The largest absolute Gasteiger partial charge is 0.480 e. The predicted molar refractivity (Wildman–Crippen MR) is 127 cm³/mol. The van der Waals surface area contributed by atoms with E-state index < -0.39 is 23.7 Å². The molecule has 1 fully saturated rings. The highest BCUT2D eigenvalue weighted by Crippen LogP contribution is 2.34. The highest BCUT2D eigenvalue weighted by atomic mass is 35.5. The second-order valence-corrected chi connectivity index (χ2v) is 9.46. The maximum atomic E-state index is 13.5.